The van der Waals surface area contributed by atoms with E-state index in [9.17, 15) is 9.50 Å². The first-order valence-corrected chi connectivity index (χ1v) is 10.8. The number of fused-ring (bicyclic) bond motifs is 1. The molecule has 9 heteroatoms. The van der Waals surface area contributed by atoms with Crippen molar-refractivity contribution in [3.63, 3.8) is 0 Å². The van der Waals surface area contributed by atoms with Gasteiger partial charge in [-0.15, -0.1) is 5.10 Å². The van der Waals surface area contributed by atoms with E-state index < -0.39 is 6.04 Å². The van der Waals surface area contributed by atoms with Crippen LogP contribution < -0.4 is 0 Å². The lowest BCUT2D eigenvalue weighted by Gasteiger charge is -2.38. The number of nitrogens with zero attached hydrogens (tertiary/aromatic N) is 5. The van der Waals surface area contributed by atoms with E-state index in [0.29, 0.717) is 27.0 Å². The fourth-order valence-corrected chi connectivity index (χ4v) is 5.08. The second kappa shape index (κ2) is 7.82. The standard InChI is InChI=1S/C21H22FN5O2S/c1-2-25-9-11-26(12-10-25)17(14-6-3-4-7-15(14)22)18-20(28)27-21(30-18)23-19(24-27)16-8-5-13-29-16/h3-8,13,17,28H,2,9-12H2,1H3. The zero-order valence-corrected chi connectivity index (χ0v) is 17.3. The third kappa shape index (κ3) is 3.28. The number of hydrogen-bond donors (Lipinski definition) is 1. The van der Waals surface area contributed by atoms with Crippen LogP contribution in [0, 0.1) is 5.82 Å². The smallest absolute Gasteiger partial charge is 0.230 e. The highest BCUT2D eigenvalue weighted by Crippen LogP contribution is 2.41. The van der Waals surface area contributed by atoms with Crippen molar-refractivity contribution in [1.82, 2.24) is 24.4 Å². The Labute approximate surface area is 177 Å². The number of furan rings is 1. The number of thiazole rings is 1. The summed E-state index contributed by atoms with van der Waals surface area (Å²) in [7, 11) is 0. The monoisotopic (exact) mass is 427 g/mol. The van der Waals surface area contributed by atoms with Gasteiger partial charge in [-0.05, 0) is 24.7 Å². The number of piperazine rings is 1. The van der Waals surface area contributed by atoms with Crippen LogP contribution in [0.1, 0.15) is 23.4 Å². The lowest BCUT2D eigenvalue weighted by atomic mass is 10.0. The maximum atomic E-state index is 14.8. The van der Waals surface area contributed by atoms with E-state index in [1.807, 2.05) is 6.07 Å². The molecule has 1 unspecified atom stereocenters. The van der Waals surface area contributed by atoms with Crippen LogP contribution in [-0.2, 0) is 0 Å². The van der Waals surface area contributed by atoms with E-state index in [4.69, 9.17) is 4.42 Å². The minimum atomic E-state index is -0.397. The minimum absolute atomic E-state index is 0.00789. The third-order valence-corrected chi connectivity index (χ3v) is 6.68. The zero-order chi connectivity index (χ0) is 20.7. The molecule has 1 fully saturated rings. The van der Waals surface area contributed by atoms with Crippen molar-refractivity contribution in [3.05, 3.63) is 58.9 Å². The summed E-state index contributed by atoms with van der Waals surface area (Å²) in [4.78, 5) is 10.3. The normalized spacial score (nSPS) is 17.0. The second-order valence-corrected chi connectivity index (χ2v) is 8.30. The Morgan fingerprint density at radius 1 is 1.17 bits per heavy atom. The van der Waals surface area contributed by atoms with E-state index in [0.717, 1.165) is 32.7 Å². The number of aromatic nitrogens is 3. The molecule has 3 aromatic heterocycles. The third-order valence-electron chi connectivity index (χ3n) is 5.61. The number of likely N-dealkylation sites (N-methyl/N-ethyl adjacent to an activating group) is 1. The van der Waals surface area contributed by atoms with Gasteiger partial charge in [-0.2, -0.15) is 9.50 Å². The number of hydrogen-bond acceptors (Lipinski definition) is 7. The molecular weight excluding hydrogens is 405 g/mol. The quantitative estimate of drug-likeness (QED) is 0.525. The van der Waals surface area contributed by atoms with Crippen LogP contribution in [0.5, 0.6) is 5.88 Å². The van der Waals surface area contributed by atoms with E-state index in [1.165, 1.54) is 21.9 Å². The molecule has 1 aliphatic rings. The molecule has 1 aliphatic heterocycles. The zero-order valence-electron chi connectivity index (χ0n) is 16.5. The van der Waals surface area contributed by atoms with Crippen LogP contribution in [0.3, 0.4) is 0 Å². The van der Waals surface area contributed by atoms with Gasteiger partial charge in [-0.1, -0.05) is 36.5 Å². The molecule has 1 saturated heterocycles. The van der Waals surface area contributed by atoms with Gasteiger partial charge in [0.1, 0.15) is 5.82 Å². The van der Waals surface area contributed by atoms with Crippen LogP contribution in [0.15, 0.2) is 47.1 Å². The Morgan fingerprint density at radius 2 is 1.97 bits per heavy atom. The highest BCUT2D eigenvalue weighted by Gasteiger charge is 2.33. The Kier molecular flexibility index (Phi) is 5.01. The predicted octanol–water partition coefficient (Wildman–Crippen LogP) is 3.62. The molecule has 156 valence electrons. The molecule has 30 heavy (non-hydrogen) atoms. The molecule has 5 rings (SSSR count). The molecular formula is C21H22FN5O2S. The summed E-state index contributed by atoms with van der Waals surface area (Å²) in [5, 5.41) is 15.4. The van der Waals surface area contributed by atoms with Gasteiger partial charge in [-0.25, -0.2) is 4.39 Å². The highest BCUT2D eigenvalue weighted by atomic mass is 32.1. The van der Waals surface area contributed by atoms with Gasteiger partial charge in [0, 0.05) is 31.7 Å². The van der Waals surface area contributed by atoms with Crippen LogP contribution in [-0.4, -0.2) is 62.2 Å². The first-order valence-electron chi connectivity index (χ1n) is 9.99. The molecule has 0 bridgehead atoms. The van der Waals surface area contributed by atoms with E-state index in [-0.39, 0.29) is 11.7 Å². The van der Waals surface area contributed by atoms with Crippen molar-refractivity contribution in [1.29, 1.82) is 0 Å². The Balaban J connectivity index is 1.57. The Bertz CT molecular complexity index is 1150. The molecule has 0 amide bonds. The van der Waals surface area contributed by atoms with E-state index in [1.54, 1.807) is 30.5 Å². The number of halogens is 1. The summed E-state index contributed by atoms with van der Waals surface area (Å²) < 4.78 is 21.6. The second-order valence-electron chi connectivity index (χ2n) is 7.29. The maximum Gasteiger partial charge on any atom is 0.230 e. The lowest BCUT2D eigenvalue weighted by molar-refractivity contribution is 0.112. The summed E-state index contributed by atoms with van der Waals surface area (Å²) in [6.07, 6.45) is 1.56. The van der Waals surface area contributed by atoms with Gasteiger partial charge < -0.3 is 14.4 Å². The van der Waals surface area contributed by atoms with Gasteiger partial charge in [0.05, 0.1) is 17.2 Å². The van der Waals surface area contributed by atoms with E-state index in [2.05, 4.69) is 26.8 Å². The molecule has 1 N–H and O–H groups in total. The van der Waals surface area contributed by atoms with Crippen molar-refractivity contribution in [2.45, 2.75) is 13.0 Å². The molecule has 0 radical (unpaired) electrons. The van der Waals surface area contributed by atoms with Crippen molar-refractivity contribution in [2.24, 2.45) is 0 Å². The van der Waals surface area contributed by atoms with Gasteiger partial charge in [0.25, 0.3) is 0 Å². The molecule has 0 saturated carbocycles. The molecule has 1 atom stereocenters. The van der Waals surface area contributed by atoms with Crippen LogP contribution in [0.25, 0.3) is 16.5 Å². The van der Waals surface area contributed by atoms with Crippen LogP contribution in [0.2, 0.25) is 0 Å². The first-order chi connectivity index (χ1) is 14.7. The van der Waals surface area contributed by atoms with Crippen LogP contribution >= 0.6 is 11.3 Å². The largest absolute Gasteiger partial charge is 0.492 e. The van der Waals surface area contributed by atoms with Crippen molar-refractivity contribution in [2.75, 3.05) is 32.7 Å². The summed E-state index contributed by atoms with van der Waals surface area (Å²) in [5.74, 6) is 0.655. The lowest BCUT2D eigenvalue weighted by Crippen LogP contribution is -2.47. The number of rotatable bonds is 5. The molecule has 4 heterocycles. The average Bonchev–Trinajstić information content (AvgIpc) is 3.49. The SMILES string of the molecule is CCN1CCN(C(c2ccccc2F)c2sc3nc(-c4ccco4)nn3c2O)CC1. The molecule has 0 aliphatic carbocycles. The Morgan fingerprint density at radius 3 is 2.63 bits per heavy atom. The van der Waals surface area contributed by atoms with Crippen LogP contribution in [0.4, 0.5) is 4.39 Å². The van der Waals surface area contributed by atoms with Gasteiger partial charge in [-0.3, -0.25) is 4.90 Å². The number of benzene rings is 1. The summed E-state index contributed by atoms with van der Waals surface area (Å²) in [5.41, 5.74) is 0.550. The summed E-state index contributed by atoms with van der Waals surface area (Å²) in [6, 6.07) is 9.90. The van der Waals surface area contributed by atoms with E-state index >= 15 is 0 Å². The molecule has 1 aromatic carbocycles. The average molecular weight is 428 g/mol. The maximum absolute atomic E-state index is 14.8. The van der Waals surface area contributed by atoms with Crippen molar-refractivity contribution < 1.29 is 13.9 Å². The van der Waals surface area contributed by atoms with Crippen molar-refractivity contribution in [3.8, 4) is 17.5 Å². The number of aromatic hydroxyl groups is 1. The van der Waals surface area contributed by atoms with Crippen molar-refractivity contribution >= 4 is 16.3 Å². The minimum Gasteiger partial charge on any atom is -0.492 e. The fourth-order valence-electron chi connectivity index (χ4n) is 3.98. The highest BCUT2D eigenvalue weighted by molar-refractivity contribution is 7.17. The van der Waals surface area contributed by atoms with Gasteiger partial charge in [0.2, 0.25) is 16.7 Å². The molecule has 0 spiro atoms. The van der Waals surface area contributed by atoms with Gasteiger partial charge in [0.15, 0.2) is 5.76 Å². The summed E-state index contributed by atoms with van der Waals surface area (Å²) >= 11 is 1.33. The topological polar surface area (TPSA) is 70.0 Å². The Hall–Kier alpha value is -2.75. The molecule has 7 nitrogen and oxygen atoms in total. The molecule has 4 aromatic rings. The summed E-state index contributed by atoms with van der Waals surface area (Å²) in [6.45, 7) is 6.54. The van der Waals surface area contributed by atoms with Gasteiger partial charge >= 0.3 is 0 Å². The first kappa shape index (κ1) is 19.2. The predicted molar refractivity (Wildman–Crippen MR) is 112 cm³/mol. The fraction of sp³-hybridized carbons (Fsp3) is 0.333.